The highest BCUT2D eigenvalue weighted by atomic mass is 19.1. The van der Waals surface area contributed by atoms with Crippen LogP contribution >= 0.6 is 0 Å². The van der Waals surface area contributed by atoms with Gasteiger partial charge in [0.15, 0.2) is 0 Å². The number of alkyl carbamates (subject to hydrolysis) is 2. The van der Waals surface area contributed by atoms with E-state index in [1.165, 1.54) is 19.2 Å². The second kappa shape index (κ2) is 12.8. The average molecular weight is 569 g/mol. The first-order chi connectivity index (χ1) is 19.1. The molecule has 1 aromatic heterocycles. The molecule has 0 fully saturated rings. The first-order valence-corrected chi connectivity index (χ1v) is 13.1. The highest BCUT2D eigenvalue weighted by Gasteiger charge is 2.25. The topological polar surface area (TPSA) is 121 Å². The molecule has 0 aliphatic carbocycles. The van der Waals surface area contributed by atoms with E-state index in [9.17, 15) is 18.8 Å². The summed E-state index contributed by atoms with van der Waals surface area (Å²) in [5.41, 5.74) is 2.02. The zero-order chi connectivity index (χ0) is 30.4. The Morgan fingerprint density at radius 2 is 1.54 bits per heavy atom. The fraction of sp³-hybridized carbons (Fsp3) is 0.400. The molecule has 0 aliphatic rings. The van der Waals surface area contributed by atoms with Crippen molar-refractivity contribution in [3.63, 3.8) is 0 Å². The van der Waals surface area contributed by atoms with Crippen LogP contribution in [0.25, 0.3) is 16.8 Å². The molecular formula is C30H37FN4O6. The van der Waals surface area contributed by atoms with Crippen molar-refractivity contribution in [3.05, 3.63) is 71.8 Å². The minimum Gasteiger partial charge on any atom is -0.467 e. The van der Waals surface area contributed by atoms with Crippen molar-refractivity contribution >= 4 is 18.2 Å². The third kappa shape index (κ3) is 9.93. The van der Waals surface area contributed by atoms with Gasteiger partial charge in [-0.2, -0.15) is 5.10 Å². The number of aromatic nitrogens is 2. The van der Waals surface area contributed by atoms with Crippen molar-refractivity contribution in [1.29, 1.82) is 0 Å². The summed E-state index contributed by atoms with van der Waals surface area (Å²) in [5, 5.41) is 9.59. The smallest absolute Gasteiger partial charge is 0.408 e. The number of nitrogens with zero attached hydrogens (tertiary/aromatic N) is 2. The molecule has 1 heterocycles. The molecule has 0 radical (unpaired) electrons. The molecule has 0 aliphatic heterocycles. The number of rotatable bonds is 8. The Bertz CT molecular complexity index is 1370. The van der Waals surface area contributed by atoms with Crippen LogP contribution < -0.4 is 10.6 Å². The summed E-state index contributed by atoms with van der Waals surface area (Å²) in [5.74, 6) is -1.03. The molecule has 10 nitrogen and oxygen atoms in total. The minimum atomic E-state index is -0.927. The van der Waals surface area contributed by atoms with Gasteiger partial charge in [0.1, 0.15) is 23.1 Å². The fourth-order valence-corrected chi connectivity index (χ4v) is 3.83. The van der Waals surface area contributed by atoms with Gasteiger partial charge in [-0.25, -0.2) is 23.5 Å². The lowest BCUT2D eigenvalue weighted by molar-refractivity contribution is -0.143. The lowest BCUT2D eigenvalue weighted by atomic mass is 10.1. The zero-order valence-electron chi connectivity index (χ0n) is 24.4. The van der Waals surface area contributed by atoms with Gasteiger partial charge in [-0.1, -0.05) is 12.1 Å². The van der Waals surface area contributed by atoms with Crippen LogP contribution in [-0.4, -0.2) is 52.3 Å². The largest absolute Gasteiger partial charge is 0.467 e. The molecule has 1 atom stereocenters. The Hall–Kier alpha value is -4.41. The van der Waals surface area contributed by atoms with Crippen molar-refractivity contribution in [2.24, 2.45) is 0 Å². The molecule has 2 aromatic carbocycles. The second-order valence-electron chi connectivity index (χ2n) is 11.5. The standard InChI is InChI=1S/C30H37FN4O6/c1-29(2,3)40-27(37)32-16-20-12-21(15-23(31)13-20)22-17-33-35(18-22)24-10-8-19(9-11-24)14-25(26(36)39-7)34-28(38)41-30(4,5)6/h8-13,15,17-18,25H,14,16H2,1-7H3,(H,32,37)(H,34,38). The highest BCUT2D eigenvalue weighted by molar-refractivity contribution is 5.81. The minimum absolute atomic E-state index is 0.102. The van der Waals surface area contributed by atoms with Gasteiger partial charge in [0.25, 0.3) is 0 Å². The van der Waals surface area contributed by atoms with E-state index in [0.717, 1.165) is 11.3 Å². The molecule has 3 rings (SSSR count). The van der Waals surface area contributed by atoms with E-state index in [1.807, 2.05) is 24.3 Å². The summed E-state index contributed by atoms with van der Waals surface area (Å²) in [4.78, 5) is 36.4. The average Bonchev–Trinajstić information content (AvgIpc) is 3.35. The van der Waals surface area contributed by atoms with Crippen LogP contribution in [0.3, 0.4) is 0 Å². The van der Waals surface area contributed by atoms with E-state index in [2.05, 4.69) is 15.7 Å². The van der Waals surface area contributed by atoms with E-state index in [4.69, 9.17) is 14.2 Å². The number of carbonyl (C=O) groups excluding carboxylic acids is 3. The number of hydrogen-bond donors (Lipinski definition) is 2. The van der Waals surface area contributed by atoms with E-state index in [0.29, 0.717) is 16.7 Å². The van der Waals surface area contributed by atoms with Gasteiger partial charge < -0.3 is 24.8 Å². The number of hydrogen-bond acceptors (Lipinski definition) is 7. The lowest BCUT2D eigenvalue weighted by Crippen LogP contribution is -2.45. The molecular weight excluding hydrogens is 531 g/mol. The number of amides is 2. The SMILES string of the molecule is COC(=O)C(Cc1ccc(-n2cc(-c3cc(F)cc(CNC(=O)OC(C)(C)C)c3)cn2)cc1)NC(=O)OC(C)(C)C. The normalized spacial score (nSPS) is 12.3. The van der Waals surface area contributed by atoms with Gasteiger partial charge in [0.2, 0.25) is 0 Å². The Morgan fingerprint density at radius 1 is 0.902 bits per heavy atom. The molecule has 11 heteroatoms. The van der Waals surface area contributed by atoms with E-state index in [1.54, 1.807) is 64.7 Å². The molecule has 1 unspecified atom stereocenters. The van der Waals surface area contributed by atoms with Crippen molar-refractivity contribution in [2.45, 2.75) is 71.8 Å². The van der Waals surface area contributed by atoms with Crippen LogP contribution in [0, 0.1) is 5.82 Å². The Kier molecular flexibility index (Phi) is 9.75. The summed E-state index contributed by atoms with van der Waals surface area (Å²) in [7, 11) is 1.25. The number of methoxy groups -OCH3 is 1. The van der Waals surface area contributed by atoms with Gasteiger partial charge in [0.05, 0.1) is 19.0 Å². The Balaban J connectivity index is 1.70. The molecule has 220 valence electrons. The van der Waals surface area contributed by atoms with E-state index >= 15 is 0 Å². The third-order valence-corrected chi connectivity index (χ3v) is 5.53. The maximum Gasteiger partial charge on any atom is 0.408 e. The lowest BCUT2D eigenvalue weighted by Gasteiger charge is -2.22. The first kappa shape index (κ1) is 31.1. The van der Waals surface area contributed by atoms with Crippen molar-refractivity contribution in [2.75, 3.05) is 7.11 Å². The van der Waals surface area contributed by atoms with Gasteiger partial charge in [-0.05, 0) is 88.6 Å². The third-order valence-electron chi connectivity index (χ3n) is 5.53. The summed E-state index contributed by atoms with van der Waals surface area (Å²) >= 11 is 0. The molecule has 41 heavy (non-hydrogen) atoms. The van der Waals surface area contributed by atoms with Crippen LogP contribution in [0.4, 0.5) is 14.0 Å². The van der Waals surface area contributed by atoms with E-state index in [-0.39, 0.29) is 13.0 Å². The number of carbonyl (C=O) groups is 3. The first-order valence-electron chi connectivity index (χ1n) is 13.1. The van der Waals surface area contributed by atoms with Crippen LogP contribution in [0.1, 0.15) is 52.7 Å². The van der Waals surface area contributed by atoms with Gasteiger partial charge in [-0.15, -0.1) is 0 Å². The van der Waals surface area contributed by atoms with Crippen molar-refractivity contribution in [3.8, 4) is 16.8 Å². The van der Waals surface area contributed by atoms with Crippen LogP contribution in [-0.2, 0) is 32.0 Å². The number of ether oxygens (including phenoxy) is 3. The molecule has 2 amide bonds. The van der Waals surface area contributed by atoms with Crippen LogP contribution in [0.5, 0.6) is 0 Å². The molecule has 0 saturated heterocycles. The molecule has 0 bridgehead atoms. The second-order valence-corrected chi connectivity index (χ2v) is 11.5. The van der Waals surface area contributed by atoms with Crippen LogP contribution in [0.15, 0.2) is 54.9 Å². The van der Waals surface area contributed by atoms with E-state index < -0.39 is 41.2 Å². The number of halogens is 1. The predicted molar refractivity (Wildman–Crippen MR) is 151 cm³/mol. The van der Waals surface area contributed by atoms with Gasteiger partial charge >= 0.3 is 18.2 Å². The van der Waals surface area contributed by atoms with Crippen molar-refractivity contribution in [1.82, 2.24) is 20.4 Å². The summed E-state index contributed by atoms with van der Waals surface area (Å²) in [6, 6.07) is 10.8. The molecule has 3 aromatic rings. The maximum atomic E-state index is 14.4. The molecule has 2 N–H and O–H groups in total. The zero-order valence-corrected chi connectivity index (χ0v) is 24.4. The Labute approximate surface area is 239 Å². The van der Waals surface area contributed by atoms with Gasteiger partial charge in [-0.3, -0.25) is 0 Å². The monoisotopic (exact) mass is 568 g/mol. The Morgan fingerprint density at radius 3 is 2.15 bits per heavy atom. The molecule has 0 saturated carbocycles. The van der Waals surface area contributed by atoms with Gasteiger partial charge in [0, 0.05) is 24.7 Å². The summed E-state index contributed by atoms with van der Waals surface area (Å²) in [6.45, 7) is 10.6. The summed E-state index contributed by atoms with van der Waals surface area (Å²) in [6.07, 6.45) is 2.27. The van der Waals surface area contributed by atoms with Crippen molar-refractivity contribution < 1.29 is 33.0 Å². The molecule has 0 spiro atoms. The summed E-state index contributed by atoms with van der Waals surface area (Å²) < 4.78 is 31.4. The quantitative estimate of drug-likeness (QED) is 0.279. The maximum absolute atomic E-state index is 14.4. The predicted octanol–water partition coefficient (Wildman–Crippen LogP) is 5.31. The highest BCUT2D eigenvalue weighted by Crippen LogP contribution is 2.23. The fourth-order valence-electron chi connectivity index (χ4n) is 3.83. The number of nitrogens with one attached hydrogen (secondary N) is 2. The van der Waals surface area contributed by atoms with Crippen LogP contribution in [0.2, 0.25) is 0 Å². The number of esters is 1. The number of benzene rings is 2.